The molecule has 1 rings (SSSR count). The number of cyclic esters (lactones) is 1. The normalized spacial score (nSPS) is 20.0. The van der Waals surface area contributed by atoms with Gasteiger partial charge in [-0.2, -0.15) is 0 Å². The highest BCUT2D eigenvalue weighted by Crippen LogP contribution is 2.07. The van der Waals surface area contributed by atoms with E-state index in [9.17, 15) is 9.59 Å². The van der Waals surface area contributed by atoms with E-state index in [4.69, 9.17) is 15.2 Å². The number of amides is 1. The number of hydrogen-bond acceptors (Lipinski definition) is 5. The molecule has 0 saturated carbocycles. The minimum atomic E-state index is -0.456. The molecule has 0 bridgehead atoms. The van der Waals surface area contributed by atoms with Crippen LogP contribution in [0.1, 0.15) is 46.0 Å². The SMILES string of the molecule is CC[C@H](C)C(N)COCCCCC(=O)N[C@H]1CCOC1=O.Cl. The average molecular weight is 337 g/mol. The minimum absolute atomic E-state index is 0. The maximum absolute atomic E-state index is 11.6. The molecule has 0 aromatic carbocycles. The van der Waals surface area contributed by atoms with Crippen LogP contribution in [0.25, 0.3) is 0 Å². The molecule has 1 saturated heterocycles. The van der Waals surface area contributed by atoms with Gasteiger partial charge in [-0.15, -0.1) is 12.4 Å². The number of rotatable bonds is 10. The maximum Gasteiger partial charge on any atom is 0.328 e. The van der Waals surface area contributed by atoms with Gasteiger partial charge >= 0.3 is 5.97 Å². The molecule has 6 nitrogen and oxygen atoms in total. The van der Waals surface area contributed by atoms with Crippen LogP contribution in [0.15, 0.2) is 0 Å². The molecule has 1 amide bonds. The molecule has 3 atom stereocenters. The Labute approximate surface area is 138 Å². The van der Waals surface area contributed by atoms with Gasteiger partial charge in [-0.05, 0) is 18.8 Å². The zero-order valence-electron chi connectivity index (χ0n) is 13.5. The molecule has 3 N–H and O–H groups in total. The van der Waals surface area contributed by atoms with E-state index in [2.05, 4.69) is 19.2 Å². The van der Waals surface area contributed by atoms with Crippen molar-refractivity contribution in [1.82, 2.24) is 5.32 Å². The van der Waals surface area contributed by atoms with Crippen molar-refractivity contribution >= 4 is 24.3 Å². The Kier molecular flexibility index (Phi) is 11.2. The fraction of sp³-hybridized carbons (Fsp3) is 0.867. The molecule has 22 heavy (non-hydrogen) atoms. The van der Waals surface area contributed by atoms with Crippen LogP contribution in [-0.2, 0) is 19.1 Å². The lowest BCUT2D eigenvalue weighted by Gasteiger charge is -2.18. The topological polar surface area (TPSA) is 90.7 Å². The van der Waals surface area contributed by atoms with Gasteiger partial charge in [0.2, 0.25) is 5.91 Å². The summed E-state index contributed by atoms with van der Waals surface area (Å²) in [6.45, 7) is 5.81. The van der Waals surface area contributed by atoms with Gasteiger partial charge < -0.3 is 20.5 Å². The van der Waals surface area contributed by atoms with Gasteiger partial charge in [0.1, 0.15) is 6.04 Å². The van der Waals surface area contributed by atoms with E-state index in [-0.39, 0.29) is 30.3 Å². The summed E-state index contributed by atoms with van der Waals surface area (Å²) in [5, 5.41) is 2.69. The molecule has 1 heterocycles. The van der Waals surface area contributed by atoms with Crippen molar-refractivity contribution in [2.45, 2.75) is 58.0 Å². The minimum Gasteiger partial charge on any atom is -0.464 e. The number of carbonyl (C=O) groups excluding carboxylic acids is 2. The molecule has 0 radical (unpaired) electrons. The van der Waals surface area contributed by atoms with Crippen molar-refractivity contribution < 1.29 is 19.1 Å². The summed E-state index contributed by atoms with van der Waals surface area (Å²) in [5.74, 6) is 0.0304. The first kappa shape index (κ1) is 21.1. The highest BCUT2D eigenvalue weighted by atomic mass is 35.5. The first-order valence-corrected chi connectivity index (χ1v) is 7.84. The number of halogens is 1. The fourth-order valence-corrected chi connectivity index (χ4v) is 2.07. The second-order valence-corrected chi connectivity index (χ2v) is 5.66. The second kappa shape index (κ2) is 11.7. The number of ether oxygens (including phenoxy) is 2. The third-order valence-electron chi connectivity index (χ3n) is 3.90. The first-order valence-electron chi connectivity index (χ1n) is 7.84. The van der Waals surface area contributed by atoms with Crippen LogP contribution in [-0.4, -0.2) is 43.8 Å². The van der Waals surface area contributed by atoms with Crippen LogP contribution in [0, 0.1) is 5.92 Å². The van der Waals surface area contributed by atoms with E-state index in [0.29, 0.717) is 38.6 Å². The van der Waals surface area contributed by atoms with Gasteiger partial charge in [0.15, 0.2) is 0 Å². The van der Waals surface area contributed by atoms with Gasteiger partial charge in [0.05, 0.1) is 13.2 Å². The lowest BCUT2D eigenvalue weighted by molar-refractivity contribution is -0.141. The van der Waals surface area contributed by atoms with E-state index >= 15 is 0 Å². The Morgan fingerprint density at radius 2 is 2.23 bits per heavy atom. The predicted molar refractivity (Wildman–Crippen MR) is 86.9 cm³/mol. The zero-order valence-corrected chi connectivity index (χ0v) is 14.3. The molecular formula is C15H29ClN2O4. The Balaban J connectivity index is 0.00000441. The Hall–Kier alpha value is -0.850. The van der Waals surface area contributed by atoms with Crippen LogP contribution >= 0.6 is 12.4 Å². The first-order chi connectivity index (χ1) is 10.0. The Morgan fingerprint density at radius 3 is 2.82 bits per heavy atom. The Bertz CT molecular complexity index is 342. The average Bonchev–Trinajstić information content (AvgIpc) is 2.86. The smallest absolute Gasteiger partial charge is 0.328 e. The second-order valence-electron chi connectivity index (χ2n) is 5.66. The maximum atomic E-state index is 11.6. The molecular weight excluding hydrogens is 308 g/mol. The van der Waals surface area contributed by atoms with Gasteiger partial charge in [0.25, 0.3) is 0 Å². The number of esters is 1. The summed E-state index contributed by atoms with van der Waals surface area (Å²) < 4.78 is 10.3. The highest BCUT2D eigenvalue weighted by molar-refractivity contribution is 5.85. The zero-order chi connectivity index (χ0) is 15.7. The van der Waals surface area contributed by atoms with Gasteiger partial charge in [-0.1, -0.05) is 20.3 Å². The molecule has 0 spiro atoms. The molecule has 0 aromatic heterocycles. The molecule has 1 unspecified atom stereocenters. The van der Waals surface area contributed by atoms with Gasteiger partial charge in [-0.3, -0.25) is 4.79 Å². The number of unbranched alkanes of at least 4 members (excludes halogenated alkanes) is 1. The molecule has 1 aliphatic heterocycles. The number of nitrogens with two attached hydrogens (primary N) is 1. The van der Waals surface area contributed by atoms with Crippen molar-refractivity contribution in [2.24, 2.45) is 11.7 Å². The largest absolute Gasteiger partial charge is 0.464 e. The molecule has 0 aliphatic carbocycles. The van der Waals surface area contributed by atoms with Crippen molar-refractivity contribution in [3.05, 3.63) is 0 Å². The molecule has 0 aromatic rings. The summed E-state index contributed by atoms with van der Waals surface area (Å²) in [7, 11) is 0. The van der Waals surface area contributed by atoms with Crippen LogP contribution in [0.4, 0.5) is 0 Å². The number of hydrogen-bond donors (Lipinski definition) is 2. The fourth-order valence-electron chi connectivity index (χ4n) is 2.07. The van der Waals surface area contributed by atoms with Gasteiger partial charge in [-0.25, -0.2) is 4.79 Å². The summed E-state index contributed by atoms with van der Waals surface area (Å²) in [5.41, 5.74) is 5.96. The summed E-state index contributed by atoms with van der Waals surface area (Å²) in [6, 6.07) is -0.381. The van der Waals surface area contributed by atoms with Gasteiger partial charge in [0, 0.05) is 25.5 Å². The van der Waals surface area contributed by atoms with Crippen molar-refractivity contribution in [1.29, 1.82) is 0 Å². The summed E-state index contributed by atoms with van der Waals surface area (Å²) >= 11 is 0. The van der Waals surface area contributed by atoms with Crippen LogP contribution in [0.2, 0.25) is 0 Å². The summed E-state index contributed by atoms with van der Waals surface area (Å²) in [4.78, 5) is 22.8. The number of nitrogens with one attached hydrogen (secondary N) is 1. The third kappa shape index (κ3) is 7.96. The van der Waals surface area contributed by atoms with E-state index < -0.39 is 6.04 Å². The van der Waals surface area contributed by atoms with Crippen molar-refractivity contribution in [2.75, 3.05) is 19.8 Å². The van der Waals surface area contributed by atoms with E-state index in [1.807, 2.05) is 0 Å². The van der Waals surface area contributed by atoms with E-state index in [1.54, 1.807) is 0 Å². The summed E-state index contributed by atoms with van der Waals surface area (Å²) in [6.07, 6.45) is 3.59. The predicted octanol–water partition coefficient (Wildman–Crippen LogP) is 1.40. The number of carbonyl (C=O) groups is 2. The van der Waals surface area contributed by atoms with Crippen LogP contribution < -0.4 is 11.1 Å². The van der Waals surface area contributed by atoms with Crippen molar-refractivity contribution in [3.63, 3.8) is 0 Å². The van der Waals surface area contributed by atoms with Crippen LogP contribution in [0.5, 0.6) is 0 Å². The molecule has 7 heteroatoms. The van der Waals surface area contributed by atoms with Crippen LogP contribution in [0.3, 0.4) is 0 Å². The third-order valence-corrected chi connectivity index (χ3v) is 3.90. The lowest BCUT2D eigenvalue weighted by Crippen LogP contribution is -2.37. The lowest BCUT2D eigenvalue weighted by atomic mass is 10.0. The molecule has 1 fully saturated rings. The standard InChI is InChI=1S/C15H28N2O4.ClH/c1-3-11(2)12(16)10-20-8-5-4-6-14(18)17-13-7-9-21-15(13)19;/h11-13H,3-10,16H2,1-2H3,(H,17,18);1H/t11-,12?,13-;/m0./s1. The van der Waals surface area contributed by atoms with Crippen molar-refractivity contribution in [3.8, 4) is 0 Å². The van der Waals surface area contributed by atoms with E-state index in [1.165, 1.54) is 0 Å². The quantitative estimate of drug-likeness (QED) is 0.465. The monoisotopic (exact) mass is 336 g/mol. The Morgan fingerprint density at radius 1 is 1.50 bits per heavy atom. The molecule has 130 valence electrons. The van der Waals surface area contributed by atoms with E-state index in [0.717, 1.165) is 19.3 Å². The molecule has 1 aliphatic rings. The highest BCUT2D eigenvalue weighted by Gasteiger charge is 2.27.